The highest BCUT2D eigenvalue weighted by atomic mass is 16.2. The molecule has 1 aromatic carbocycles. The van der Waals surface area contributed by atoms with Crippen molar-refractivity contribution in [2.75, 3.05) is 27.2 Å². The first-order chi connectivity index (χ1) is 11.4. The van der Waals surface area contributed by atoms with E-state index in [0.29, 0.717) is 23.0 Å². The number of likely N-dealkylation sites (tertiary alicyclic amines) is 1. The summed E-state index contributed by atoms with van der Waals surface area (Å²) in [6.45, 7) is 3.69. The van der Waals surface area contributed by atoms with Crippen LogP contribution in [0, 0.1) is 5.92 Å². The zero-order chi connectivity index (χ0) is 17.4. The van der Waals surface area contributed by atoms with Gasteiger partial charge in [-0.2, -0.15) is 5.10 Å². The highest BCUT2D eigenvalue weighted by Crippen LogP contribution is 2.21. The van der Waals surface area contributed by atoms with E-state index in [1.54, 1.807) is 13.1 Å². The van der Waals surface area contributed by atoms with Crippen LogP contribution in [0.25, 0.3) is 10.8 Å². The predicted molar refractivity (Wildman–Crippen MR) is 93.9 cm³/mol. The number of carbonyl (C=O) groups is 1. The van der Waals surface area contributed by atoms with Gasteiger partial charge in [-0.15, -0.1) is 0 Å². The van der Waals surface area contributed by atoms with E-state index >= 15 is 0 Å². The van der Waals surface area contributed by atoms with Crippen LogP contribution in [0.3, 0.4) is 0 Å². The summed E-state index contributed by atoms with van der Waals surface area (Å²) < 4.78 is 1.32. The van der Waals surface area contributed by atoms with Crippen LogP contribution in [-0.2, 0) is 18.3 Å². The number of benzene rings is 1. The van der Waals surface area contributed by atoms with E-state index in [1.807, 2.05) is 23.1 Å². The molecule has 0 aliphatic carbocycles. The molecule has 3 rings (SSSR count). The Kier molecular flexibility index (Phi) is 4.41. The fourth-order valence-electron chi connectivity index (χ4n) is 3.59. The third-order valence-corrected chi connectivity index (χ3v) is 4.94. The Balaban J connectivity index is 1.87. The molecule has 0 N–H and O–H groups in total. The number of aryl methyl sites for hydroxylation is 1. The van der Waals surface area contributed by atoms with E-state index in [0.717, 1.165) is 18.5 Å². The molecule has 1 fully saturated rings. The van der Waals surface area contributed by atoms with Gasteiger partial charge in [0.25, 0.3) is 5.56 Å². The van der Waals surface area contributed by atoms with Gasteiger partial charge in [-0.25, -0.2) is 4.68 Å². The molecule has 0 saturated carbocycles. The first-order valence-electron chi connectivity index (χ1n) is 8.27. The smallest absolute Gasteiger partial charge is 0.274 e. The van der Waals surface area contributed by atoms with Crippen LogP contribution in [0.4, 0.5) is 0 Å². The second-order valence-corrected chi connectivity index (χ2v) is 6.90. The van der Waals surface area contributed by atoms with Crippen LogP contribution >= 0.6 is 0 Å². The van der Waals surface area contributed by atoms with Gasteiger partial charge in [0.05, 0.1) is 17.5 Å². The number of likely N-dealkylation sites (N-methyl/N-ethyl adjacent to an activating group) is 1. The summed E-state index contributed by atoms with van der Waals surface area (Å²) in [5, 5.41) is 5.71. The predicted octanol–water partition coefficient (Wildman–Crippen LogP) is 0.884. The molecular formula is C18H24N4O2. The van der Waals surface area contributed by atoms with E-state index in [9.17, 15) is 9.59 Å². The van der Waals surface area contributed by atoms with E-state index in [2.05, 4.69) is 31.0 Å². The number of fused-ring (bicyclic) bond motifs is 1. The van der Waals surface area contributed by atoms with E-state index < -0.39 is 0 Å². The first kappa shape index (κ1) is 16.6. The molecule has 128 valence electrons. The molecule has 1 saturated heterocycles. The van der Waals surface area contributed by atoms with Gasteiger partial charge < -0.3 is 9.80 Å². The van der Waals surface area contributed by atoms with Crippen molar-refractivity contribution in [3.63, 3.8) is 0 Å². The van der Waals surface area contributed by atoms with Gasteiger partial charge >= 0.3 is 0 Å². The minimum Gasteiger partial charge on any atom is -0.340 e. The Bertz CT molecular complexity index is 827. The molecule has 2 heterocycles. The van der Waals surface area contributed by atoms with Crippen molar-refractivity contribution in [3.05, 3.63) is 40.3 Å². The van der Waals surface area contributed by atoms with Crippen molar-refractivity contribution < 1.29 is 4.79 Å². The standard InChI is InChI=1S/C18H24N4O2/c1-12-10-22(11-16(12)20(2)3)17(23)9-15-13-7-5-6-8-14(13)18(24)21(4)19-15/h5-8,12,16H,9-11H2,1-4H3. The van der Waals surface area contributed by atoms with Crippen molar-refractivity contribution in [2.24, 2.45) is 13.0 Å². The molecule has 6 heteroatoms. The number of hydrogen-bond donors (Lipinski definition) is 0. The third kappa shape index (κ3) is 2.94. The van der Waals surface area contributed by atoms with Gasteiger partial charge in [0.15, 0.2) is 0 Å². The lowest BCUT2D eigenvalue weighted by atomic mass is 10.1. The molecule has 24 heavy (non-hydrogen) atoms. The number of hydrogen-bond acceptors (Lipinski definition) is 4. The van der Waals surface area contributed by atoms with Gasteiger partial charge in [-0.1, -0.05) is 25.1 Å². The average Bonchev–Trinajstić information content (AvgIpc) is 2.94. The van der Waals surface area contributed by atoms with Gasteiger partial charge in [0.2, 0.25) is 5.91 Å². The zero-order valence-corrected chi connectivity index (χ0v) is 14.7. The maximum absolute atomic E-state index is 12.7. The molecule has 1 aliphatic heterocycles. The monoisotopic (exact) mass is 328 g/mol. The lowest BCUT2D eigenvalue weighted by Crippen LogP contribution is -2.36. The van der Waals surface area contributed by atoms with Crippen molar-refractivity contribution >= 4 is 16.7 Å². The molecule has 0 spiro atoms. The molecule has 1 aromatic heterocycles. The Morgan fingerprint density at radius 2 is 1.92 bits per heavy atom. The summed E-state index contributed by atoms with van der Waals surface area (Å²) in [5.41, 5.74) is 0.530. The van der Waals surface area contributed by atoms with Gasteiger partial charge in [-0.3, -0.25) is 9.59 Å². The normalized spacial score (nSPS) is 21.0. The number of nitrogens with zero attached hydrogens (tertiary/aromatic N) is 4. The maximum Gasteiger partial charge on any atom is 0.274 e. The molecule has 2 unspecified atom stereocenters. The lowest BCUT2D eigenvalue weighted by Gasteiger charge is -2.22. The third-order valence-electron chi connectivity index (χ3n) is 4.94. The van der Waals surface area contributed by atoms with Crippen LogP contribution in [-0.4, -0.2) is 58.7 Å². The highest BCUT2D eigenvalue weighted by Gasteiger charge is 2.33. The van der Waals surface area contributed by atoms with Gasteiger partial charge in [-0.05, 0) is 26.1 Å². The fourth-order valence-corrected chi connectivity index (χ4v) is 3.59. The van der Waals surface area contributed by atoms with Crippen LogP contribution < -0.4 is 5.56 Å². The summed E-state index contributed by atoms with van der Waals surface area (Å²) in [4.78, 5) is 29.0. The fraction of sp³-hybridized carbons (Fsp3) is 0.500. The summed E-state index contributed by atoms with van der Waals surface area (Å²) >= 11 is 0. The van der Waals surface area contributed by atoms with Crippen molar-refractivity contribution in [1.29, 1.82) is 0 Å². The summed E-state index contributed by atoms with van der Waals surface area (Å²) in [6.07, 6.45) is 0.224. The van der Waals surface area contributed by atoms with Crippen LogP contribution in [0.5, 0.6) is 0 Å². The second kappa shape index (κ2) is 6.36. The topological polar surface area (TPSA) is 58.4 Å². The number of amides is 1. The maximum atomic E-state index is 12.7. The van der Waals surface area contributed by atoms with Crippen molar-refractivity contribution in [3.8, 4) is 0 Å². The van der Waals surface area contributed by atoms with Crippen LogP contribution in [0.15, 0.2) is 29.1 Å². The Morgan fingerprint density at radius 3 is 2.54 bits per heavy atom. The minimum atomic E-state index is -0.135. The molecule has 0 radical (unpaired) electrons. The summed E-state index contributed by atoms with van der Waals surface area (Å²) in [5.74, 6) is 0.524. The van der Waals surface area contributed by atoms with E-state index in [4.69, 9.17) is 0 Å². The Hall–Kier alpha value is -2.21. The van der Waals surface area contributed by atoms with Crippen LogP contribution in [0.2, 0.25) is 0 Å². The quantitative estimate of drug-likeness (QED) is 0.839. The molecule has 6 nitrogen and oxygen atoms in total. The summed E-state index contributed by atoms with van der Waals surface area (Å²) in [7, 11) is 5.73. The minimum absolute atomic E-state index is 0.0718. The molecule has 1 amide bonds. The number of carbonyl (C=O) groups excluding carboxylic acids is 1. The Morgan fingerprint density at radius 1 is 1.25 bits per heavy atom. The molecule has 2 atom stereocenters. The first-order valence-corrected chi connectivity index (χ1v) is 8.27. The number of rotatable bonds is 3. The molecule has 2 aromatic rings. The largest absolute Gasteiger partial charge is 0.340 e. The van der Waals surface area contributed by atoms with E-state index in [1.165, 1.54) is 4.68 Å². The molecule has 1 aliphatic rings. The molecular weight excluding hydrogens is 304 g/mol. The van der Waals surface area contributed by atoms with Crippen LogP contribution in [0.1, 0.15) is 12.6 Å². The van der Waals surface area contributed by atoms with Gasteiger partial charge in [0, 0.05) is 31.6 Å². The Labute approximate surface area is 141 Å². The average molecular weight is 328 g/mol. The van der Waals surface area contributed by atoms with Gasteiger partial charge in [0.1, 0.15) is 0 Å². The highest BCUT2D eigenvalue weighted by molar-refractivity contribution is 5.88. The van der Waals surface area contributed by atoms with E-state index in [-0.39, 0.29) is 17.9 Å². The van der Waals surface area contributed by atoms with Crippen molar-refractivity contribution in [1.82, 2.24) is 19.6 Å². The molecule has 0 bridgehead atoms. The second-order valence-electron chi connectivity index (χ2n) is 6.90. The number of aromatic nitrogens is 2. The lowest BCUT2D eigenvalue weighted by molar-refractivity contribution is -0.129. The summed E-state index contributed by atoms with van der Waals surface area (Å²) in [6, 6.07) is 7.74. The zero-order valence-electron chi connectivity index (χ0n) is 14.7. The SMILES string of the molecule is CC1CN(C(=O)Cc2nn(C)c(=O)c3ccccc23)CC1N(C)C. The van der Waals surface area contributed by atoms with Crippen molar-refractivity contribution in [2.45, 2.75) is 19.4 Å².